The zero-order chi connectivity index (χ0) is 10.6. The summed E-state index contributed by atoms with van der Waals surface area (Å²) >= 11 is 0. The van der Waals surface area contributed by atoms with Gasteiger partial charge in [-0.2, -0.15) is 0 Å². The molecule has 0 unspecified atom stereocenters. The first-order valence-electron chi connectivity index (χ1n) is 5.18. The first-order chi connectivity index (χ1) is 6.63. The summed E-state index contributed by atoms with van der Waals surface area (Å²) in [5, 5.41) is 0. The van der Waals surface area contributed by atoms with Gasteiger partial charge < -0.3 is 5.73 Å². The molecule has 2 N–H and O–H groups in total. The molecule has 0 spiro atoms. The first kappa shape index (κ1) is 11.1. The molecule has 0 aliphatic heterocycles. The normalized spacial score (nSPS) is 10.9. The number of aryl methyl sites for hydroxylation is 2. The Morgan fingerprint density at radius 3 is 2.64 bits per heavy atom. The van der Waals surface area contributed by atoms with Gasteiger partial charge in [0.1, 0.15) is 5.82 Å². The summed E-state index contributed by atoms with van der Waals surface area (Å²) in [6.45, 7) is 6.96. The van der Waals surface area contributed by atoms with Crippen LogP contribution in [0.3, 0.4) is 0 Å². The molecule has 0 bridgehead atoms. The largest absolute Gasteiger partial charge is 0.330 e. The molecular formula is C11H19N3. The fourth-order valence-corrected chi connectivity index (χ4v) is 1.36. The molecule has 1 heterocycles. The van der Waals surface area contributed by atoms with E-state index in [1.165, 1.54) is 0 Å². The highest BCUT2D eigenvalue weighted by atomic mass is 14.9. The zero-order valence-corrected chi connectivity index (χ0v) is 9.25. The molecule has 1 aromatic heterocycles. The lowest BCUT2D eigenvalue weighted by Crippen LogP contribution is -2.05. The van der Waals surface area contributed by atoms with Crippen molar-refractivity contribution in [1.29, 1.82) is 0 Å². The Morgan fingerprint density at radius 1 is 1.36 bits per heavy atom. The lowest BCUT2D eigenvalue weighted by Gasteiger charge is -2.07. The second-order valence-corrected chi connectivity index (χ2v) is 3.88. The van der Waals surface area contributed by atoms with Gasteiger partial charge in [-0.1, -0.05) is 13.8 Å². The second-order valence-electron chi connectivity index (χ2n) is 3.88. The molecule has 0 radical (unpaired) electrons. The van der Waals surface area contributed by atoms with Gasteiger partial charge in [-0.25, -0.2) is 9.97 Å². The zero-order valence-electron chi connectivity index (χ0n) is 9.25. The van der Waals surface area contributed by atoms with Crippen LogP contribution in [-0.4, -0.2) is 16.5 Å². The van der Waals surface area contributed by atoms with E-state index >= 15 is 0 Å². The van der Waals surface area contributed by atoms with E-state index < -0.39 is 0 Å². The minimum absolute atomic E-state index is 0.466. The Morgan fingerprint density at radius 2 is 2.07 bits per heavy atom. The van der Waals surface area contributed by atoms with Gasteiger partial charge in [-0.05, 0) is 38.3 Å². The average molecular weight is 193 g/mol. The van der Waals surface area contributed by atoms with Crippen LogP contribution < -0.4 is 5.73 Å². The van der Waals surface area contributed by atoms with Gasteiger partial charge in [0.15, 0.2) is 0 Å². The number of nitrogens with zero attached hydrogens (tertiary/aromatic N) is 2. The van der Waals surface area contributed by atoms with Gasteiger partial charge in [0.25, 0.3) is 0 Å². The highest BCUT2D eigenvalue weighted by molar-refractivity contribution is 5.14. The van der Waals surface area contributed by atoms with Crippen molar-refractivity contribution >= 4 is 0 Å². The molecule has 0 fully saturated rings. The number of aromatic nitrogens is 2. The molecule has 0 aliphatic carbocycles. The van der Waals surface area contributed by atoms with Crippen LogP contribution in [-0.2, 0) is 6.42 Å². The van der Waals surface area contributed by atoms with Crippen molar-refractivity contribution in [2.75, 3.05) is 6.54 Å². The van der Waals surface area contributed by atoms with Crippen LogP contribution in [0.25, 0.3) is 0 Å². The van der Waals surface area contributed by atoms with Crippen LogP contribution in [0.5, 0.6) is 0 Å². The van der Waals surface area contributed by atoms with Gasteiger partial charge in [0.2, 0.25) is 0 Å². The molecule has 0 aliphatic rings. The maximum atomic E-state index is 5.47. The van der Waals surface area contributed by atoms with Gasteiger partial charge in [-0.3, -0.25) is 0 Å². The van der Waals surface area contributed by atoms with Crippen LogP contribution >= 0.6 is 0 Å². The maximum Gasteiger partial charge on any atom is 0.125 e. The third-order valence-electron chi connectivity index (χ3n) is 2.14. The molecule has 1 rings (SSSR count). The Labute approximate surface area is 85.8 Å². The van der Waals surface area contributed by atoms with Gasteiger partial charge in [-0.15, -0.1) is 0 Å². The number of hydrogen-bond donors (Lipinski definition) is 1. The number of nitrogens with two attached hydrogens (primary N) is 1. The quantitative estimate of drug-likeness (QED) is 0.793. The Bertz CT molecular complexity index is 295. The molecule has 0 aromatic carbocycles. The minimum Gasteiger partial charge on any atom is -0.330 e. The van der Waals surface area contributed by atoms with Crippen molar-refractivity contribution in [3.63, 3.8) is 0 Å². The van der Waals surface area contributed by atoms with E-state index in [1.807, 2.05) is 6.92 Å². The summed E-state index contributed by atoms with van der Waals surface area (Å²) in [5.74, 6) is 1.33. The predicted molar refractivity (Wildman–Crippen MR) is 58.2 cm³/mol. The number of rotatable bonds is 4. The van der Waals surface area contributed by atoms with Crippen molar-refractivity contribution in [3.8, 4) is 0 Å². The van der Waals surface area contributed by atoms with E-state index in [1.54, 1.807) is 0 Å². The van der Waals surface area contributed by atoms with Crippen molar-refractivity contribution < 1.29 is 0 Å². The molecule has 0 atom stereocenters. The fourth-order valence-electron chi connectivity index (χ4n) is 1.36. The summed E-state index contributed by atoms with van der Waals surface area (Å²) in [7, 11) is 0. The van der Waals surface area contributed by atoms with Gasteiger partial charge in [0, 0.05) is 11.4 Å². The average Bonchev–Trinajstić information content (AvgIpc) is 2.14. The molecule has 0 amide bonds. The molecule has 14 heavy (non-hydrogen) atoms. The van der Waals surface area contributed by atoms with Gasteiger partial charge >= 0.3 is 0 Å². The lowest BCUT2D eigenvalue weighted by molar-refractivity contribution is 0.759. The van der Waals surface area contributed by atoms with Crippen LogP contribution in [0.1, 0.15) is 43.4 Å². The summed E-state index contributed by atoms with van der Waals surface area (Å²) < 4.78 is 0. The third-order valence-corrected chi connectivity index (χ3v) is 2.14. The highest BCUT2D eigenvalue weighted by Crippen LogP contribution is 2.13. The Balaban J connectivity index is 2.84. The van der Waals surface area contributed by atoms with E-state index in [2.05, 4.69) is 29.9 Å². The topological polar surface area (TPSA) is 51.8 Å². The van der Waals surface area contributed by atoms with E-state index in [-0.39, 0.29) is 0 Å². The maximum absolute atomic E-state index is 5.47. The molecular weight excluding hydrogens is 174 g/mol. The predicted octanol–water partition coefficient (Wildman–Crippen LogP) is 1.80. The molecule has 3 heteroatoms. The monoisotopic (exact) mass is 193 g/mol. The van der Waals surface area contributed by atoms with Crippen molar-refractivity contribution in [2.45, 2.75) is 39.5 Å². The molecule has 3 nitrogen and oxygen atoms in total. The highest BCUT2D eigenvalue weighted by Gasteiger charge is 2.04. The van der Waals surface area contributed by atoms with Crippen molar-refractivity contribution in [1.82, 2.24) is 9.97 Å². The van der Waals surface area contributed by atoms with Crippen LogP contribution in [0.4, 0.5) is 0 Å². The van der Waals surface area contributed by atoms with Crippen LogP contribution in [0, 0.1) is 6.92 Å². The molecule has 0 saturated heterocycles. The molecule has 78 valence electrons. The van der Waals surface area contributed by atoms with Crippen molar-refractivity contribution in [3.05, 3.63) is 23.3 Å². The molecule has 0 saturated carbocycles. The van der Waals surface area contributed by atoms with Crippen LogP contribution in [0.15, 0.2) is 6.07 Å². The van der Waals surface area contributed by atoms with Gasteiger partial charge in [0.05, 0.1) is 0 Å². The summed E-state index contributed by atoms with van der Waals surface area (Å²) in [4.78, 5) is 8.79. The van der Waals surface area contributed by atoms with Crippen LogP contribution in [0.2, 0.25) is 0 Å². The fraction of sp³-hybridized carbons (Fsp3) is 0.636. The Hall–Kier alpha value is -0.960. The van der Waals surface area contributed by atoms with E-state index in [9.17, 15) is 0 Å². The summed E-state index contributed by atoms with van der Waals surface area (Å²) in [5.41, 5.74) is 7.72. The summed E-state index contributed by atoms with van der Waals surface area (Å²) in [6.07, 6.45) is 1.95. The number of hydrogen-bond acceptors (Lipinski definition) is 3. The van der Waals surface area contributed by atoms with E-state index in [4.69, 9.17) is 5.73 Å². The smallest absolute Gasteiger partial charge is 0.125 e. The summed E-state index contributed by atoms with van der Waals surface area (Å²) in [6, 6.07) is 2.09. The second kappa shape index (κ2) is 5.05. The first-order valence-corrected chi connectivity index (χ1v) is 5.18. The van der Waals surface area contributed by atoms with E-state index in [0.29, 0.717) is 5.92 Å². The SMILES string of the molecule is Cc1nc(CCCN)cc(C(C)C)n1. The standard InChI is InChI=1S/C11H19N3/c1-8(2)11-7-10(5-4-6-12)13-9(3)14-11/h7-8H,4-6,12H2,1-3H3. The van der Waals surface area contributed by atoms with Crippen molar-refractivity contribution in [2.24, 2.45) is 5.73 Å². The van der Waals surface area contributed by atoms with E-state index in [0.717, 1.165) is 36.6 Å². The molecule has 1 aromatic rings. The minimum atomic E-state index is 0.466. The third kappa shape index (κ3) is 3.07. The Kier molecular flexibility index (Phi) is 4.01. The lowest BCUT2D eigenvalue weighted by atomic mass is 10.1.